The van der Waals surface area contributed by atoms with Crippen LogP contribution in [-0.4, -0.2) is 30.0 Å². The molecule has 1 aliphatic rings. The van der Waals surface area contributed by atoms with Crippen LogP contribution in [-0.2, 0) is 11.1 Å². The monoisotopic (exact) mass is 456 g/mol. The lowest BCUT2D eigenvalue weighted by atomic mass is 9.72. The molecule has 0 fully saturated rings. The number of hydrogen-bond donors (Lipinski definition) is 1. The number of halogens is 2. The van der Waals surface area contributed by atoms with Crippen LogP contribution in [0, 0.1) is 0 Å². The van der Waals surface area contributed by atoms with Gasteiger partial charge in [-0.25, -0.2) is 4.98 Å². The highest BCUT2D eigenvalue weighted by atomic mass is 35.5. The van der Waals surface area contributed by atoms with E-state index in [9.17, 15) is 0 Å². The van der Waals surface area contributed by atoms with Crippen molar-refractivity contribution < 1.29 is 9.47 Å². The van der Waals surface area contributed by atoms with E-state index in [0.717, 1.165) is 11.1 Å². The highest BCUT2D eigenvalue weighted by Gasteiger charge is 2.52. The predicted octanol–water partition coefficient (Wildman–Crippen LogP) is 4.98. The lowest BCUT2D eigenvalue weighted by molar-refractivity contribution is 0.268. The first-order valence-electron chi connectivity index (χ1n) is 9.66. The standard InChI is InChI=1S/C23H22Cl2N4O2/c1-22(14-5-9-16(24)10-6-14)23(2,15-7-11-17(25)12-8-15)29-19(28-22)18-13-26-21(31-4)27-20(18)30-3/h5-13H,1-4H3,(H,28,29). The molecule has 2 atom stereocenters. The largest absolute Gasteiger partial charge is 0.480 e. The summed E-state index contributed by atoms with van der Waals surface area (Å²) in [7, 11) is 3.06. The third-order valence-electron chi connectivity index (χ3n) is 5.87. The molecule has 2 heterocycles. The number of aliphatic imine (C=N–C) groups is 1. The maximum atomic E-state index is 6.15. The van der Waals surface area contributed by atoms with Gasteiger partial charge in [-0.05, 0) is 49.2 Å². The van der Waals surface area contributed by atoms with Gasteiger partial charge in [0.25, 0.3) is 0 Å². The summed E-state index contributed by atoms with van der Waals surface area (Å²) >= 11 is 12.3. The van der Waals surface area contributed by atoms with Crippen LogP contribution in [0.4, 0.5) is 0 Å². The van der Waals surface area contributed by atoms with Crippen LogP contribution in [0.3, 0.4) is 0 Å². The number of amidine groups is 1. The smallest absolute Gasteiger partial charge is 0.319 e. The zero-order valence-corrected chi connectivity index (χ0v) is 19.1. The van der Waals surface area contributed by atoms with Gasteiger partial charge in [0.1, 0.15) is 11.4 Å². The van der Waals surface area contributed by atoms with Gasteiger partial charge in [0.05, 0.1) is 25.3 Å². The van der Waals surface area contributed by atoms with Crippen molar-refractivity contribution in [2.24, 2.45) is 4.99 Å². The predicted molar refractivity (Wildman–Crippen MR) is 122 cm³/mol. The average Bonchev–Trinajstić information content (AvgIpc) is 3.06. The molecular formula is C23H22Cl2N4O2. The number of nitrogens with one attached hydrogen (secondary N) is 1. The number of hydrogen-bond acceptors (Lipinski definition) is 6. The highest BCUT2D eigenvalue weighted by Crippen LogP contribution is 2.48. The normalized spacial score (nSPS) is 22.6. The fourth-order valence-corrected chi connectivity index (χ4v) is 4.13. The van der Waals surface area contributed by atoms with Crippen LogP contribution in [0.15, 0.2) is 59.7 Å². The molecule has 160 valence electrons. The number of rotatable bonds is 5. The van der Waals surface area contributed by atoms with Crippen LogP contribution in [0.2, 0.25) is 10.0 Å². The fourth-order valence-electron chi connectivity index (χ4n) is 3.88. The molecule has 8 heteroatoms. The Morgan fingerprint density at radius 1 is 0.839 bits per heavy atom. The summed E-state index contributed by atoms with van der Waals surface area (Å²) in [5.41, 5.74) is 1.39. The Morgan fingerprint density at radius 2 is 1.42 bits per heavy atom. The van der Waals surface area contributed by atoms with E-state index in [2.05, 4.69) is 29.1 Å². The molecular weight excluding hydrogens is 435 g/mol. The number of aromatic nitrogens is 2. The summed E-state index contributed by atoms with van der Waals surface area (Å²) in [6, 6.07) is 15.7. The summed E-state index contributed by atoms with van der Waals surface area (Å²) in [5.74, 6) is 0.992. The molecule has 4 rings (SSSR count). The van der Waals surface area contributed by atoms with Crippen molar-refractivity contribution in [2.45, 2.75) is 24.9 Å². The van der Waals surface area contributed by atoms with E-state index in [1.54, 1.807) is 13.3 Å². The lowest BCUT2D eigenvalue weighted by Crippen LogP contribution is -2.50. The SMILES string of the molecule is COc1ncc(C2=NC(C)(c3ccc(Cl)cc3)C(C)(c3ccc(Cl)cc3)N2)c(OC)n1. The van der Waals surface area contributed by atoms with Crippen LogP contribution >= 0.6 is 23.2 Å². The molecule has 3 aromatic rings. The van der Waals surface area contributed by atoms with Gasteiger partial charge in [0.15, 0.2) is 0 Å². The third kappa shape index (κ3) is 3.60. The van der Waals surface area contributed by atoms with Crippen molar-refractivity contribution in [1.82, 2.24) is 15.3 Å². The molecule has 2 unspecified atom stereocenters. The van der Waals surface area contributed by atoms with Crippen molar-refractivity contribution in [3.05, 3.63) is 81.5 Å². The molecule has 1 aromatic heterocycles. The third-order valence-corrected chi connectivity index (χ3v) is 6.37. The Bertz CT molecular complexity index is 1140. The van der Waals surface area contributed by atoms with Crippen LogP contribution in [0.25, 0.3) is 0 Å². The second-order valence-electron chi connectivity index (χ2n) is 7.58. The van der Waals surface area contributed by atoms with E-state index >= 15 is 0 Å². The van der Waals surface area contributed by atoms with Gasteiger partial charge in [0.2, 0.25) is 5.88 Å². The average molecular weight is 457 g/mol. The van der Waals surface area contributed by atoms with Gasteiger partial charge < -0.3 is 14.8 Å². The van der Waals surface area contributed by atoms with Gasteiger partial charge in [-0.1, -0.05) is 47.5 Å². The molecule has 1 N–H and O–H groups in total. The topological polar surface area (TPSA) is 68.6 Å². The molecule has 6 nitrogen and oxygen atoms in total. The molecule has 0 saturated heterocycles. The molecule has 0 aliphatic carbocycles. The second-order valence-corrected chi connectivity index (χ2v) is 8.45. The minimum absolute atomic E-state index is 0.222. The fraction of sp³-hybridized carbons (Fsp3) is 0.261. The van der Waals surface area contributed by atoms with Gasteiger partial charge >= 0.3 is 6.01 Å². The first-order valence-corrected chi connectivity index (χ1v) is 10.4. The molecule has 0 saturated carbocycles. The van der Waals surface area contributed by atoms with Gasteiger partial charge in [-0.15, -0.1) is 0 Å². The first-order chi connectivity index (χ1) is 14.8. The zero-order chi connectivity index (χ0) is 22.2. The number of benzene rings is 2. The van der Waals surface area contributed by atoms with E-state index in [4.69, 9.17) is 37.7 Å². The van der Waals surface area contributed by atoms with E-state index in [1.807, 2.05) is 48.5 Å². The Kier molecular flexibility index (Phi) is 5.54. The van der Waals surface area contributed by atoms with Crippen LogP contribution < -0.4 is 14.8 Å². The van der Waals surface area contributed by atoms with Crippen molar-refractivity contribution in [3.8, 4) is 11.9 Å². The van der Waals surface area contributed by atoms with Crippen molar-refractivity contribution in [2.75, 3.05) is 14.2 Å². The minimum Gasteiger partial charge on any atom is -0.480 e. The molecule has 1 aliphatic heterocycles. The van der Waals surface area contributed by atoms with Gasteiger partial charge in [-0.2, -0.15) is 4.98 Å². The number of ether oxygens (including phenoxy) is 2. The molecule has 0 spiro atoms. The van der Waals surface area contributed by atoms with E-state index in [1.165, 1.54) is 7.11 Å². The number of nitrogens with zero attached hydrogens (tertiary/aromatic N) is 3. The van der Waals surface area contributed by atoms with Crippen molar-refractivity contribution >= 4 is 29.0 Å². The maximum absolute atomic E-state index is 6.15. The first kappa shape index (κ1) is 21.4. The molecule has 31 heavy (non-hydrogen) atoms. The summed E-state index contributed by atoms with van der Waals surface area (Å²) in [5, 5.41) is 4.95. The molecule has 0 bridgehead atoms. The van der Waals surface area contributed by atoms with Crippen LogP contribution in [0.1, 0.15) is 30.5 Å². The Hall–Kier alpha value is -2.83. The Labute approximate surface area is 191 Å². The summed E-state index contributed by atoms with van der Waals surface area (Å²) < 4.78 is 10.6. The summed E-state index contributed by atoms with van der Waals surface area (Å²) in [4.78, 5) is 13.7. The van der Waals surface area contributed by atoms with E-state index < -0.39 is 11.1 Å². The second kappa shape index (κ2) is 8.02. The highest BCUT2D eigenvalue weighted by molar-refractivity contribution is 6.30. The Morgan fingerprint density at radius 3 is 1.97 bits per heavy atom. The van der Waals surface area contributed by atoms with Gasteiger partial charge in [-0.3, -0.25) is 4.99 Å². The van der Waals surface area contributed by atoms with Crippen molar-refractivity contribution in [1.29, 1.82) is 0 Å². The van der Waals surface area contributed by atoms with Crippen LogP contribution in [0.5, 0.6) is 11.9 Å². The lowest BCUT2D eigenvalue weighted by Gasteiger charge is -2.40. The molecule has 2 aromatic carbocycles. The number of methoxy groups -OCH3 is 2. The summed E-state index contributed by atoms with van der Waals surface area (Å²) in [6.45, 7) is 4.19. The van der Waals surface area contributed by atoms with Crippen molar-refractivity contribution in [3.63, 3.8) is 0 Å². The Balaban J connectivity index is 1.90. The quantitative estimate of drug-likeness (QED) is 0.585. The molecule has 0 amide bonds. The van der Waals surface area contributed by atoms with E-state index in [0.29, 0.717) is 27.3 Å². The minimum atomic E-state index is -0.675. The molecule has 0 radical (unpaired) electrons. The summed E-state index contributed by atoms with van der Waals surface area (Å²) in [6.07, 6.45) is 1.65. The van der Waals surface area contributed by atoms with Gasteiger partial charge in [0, 0.05) is 16.2 Å². The van der Waals surface area contributed by atoms with E-state index in [-0.39, 0.29) is 6.01 Å². The zero-order valence-electron chi connectivity index (χ0n) is 17.6. The maximum Gasteiger partial charge on any atom is 0.319 e.